The molecule has 1 aromatic heterocycles. The van der Waals surface area contributed by atoms with Crippen molar-refractivity contribution in [1.82, 2.24) is 9.78 Å². The number of rotatable bonds is 3. The lowest BCUT2D eigenvalue weighted by Crippen LogP contribution is -1.99. The van der Waals surface area contributed by atoms with Crippen molar-refractivity contribution in [3.05, 3.63) is 11.9 Å². The molecule has 0 radical (unpaired) electrons. The Bertz CT molecular complexity index is 254. The van der Waals surface area contributed by atoms with Crippen molar-refractivity contribution in [2.45, 2.75) is 32.7 Å². The number of hydrogen-bond donors (Lipinski definition) is 1. The van der Waals surface area contributed by atoms with Crippen molar-refractivity contribution >= 4 is 5.69 Å². The second-order valence-electron chi connectivity index (χ2n) is 3.66. The molecule has 0 spiro atoms. The summed E-state index contributed by atoms with van der Waals surface area (Å²) >= 11 is 0. The molecule has 2 N–H and O–H groups in total. The third-order valence-electron chi connectivity index (χ3n) is 2.45. The Balaban J connectivity index is 1.93. The molecule has 3 nitrogen and oxygen atoms in total. The van der Waals surface area contributed by atoms with Crippen molar-refractivity contribution in [3.63, 3.8) is 0 Å². The molecule has 0 amide bonds. The van der Waals surface area contributed by atoms with Crippen molar-refractivity contribution in [3.8, 4) is 0 Å². The summed E-state index contributed by atoms with van der Waals surface area (Å²) in [6.07, 6.45) is 6.02. The van der Waals surface area contributed by atoms with E-state index in [1.165, 1.54) is 19.3 Å². The second kappa shape index (κ2) is 2.81. The molecular weight excluding hydrogens is 150 g/mol. The number of hydrogen-bond acceptors (Lipinski definition) is 2. The molecule has 1 fully saturated rings. The summed E-state index contributed by atoms with van der Waals surface area (Å²) in [5, 5.41) is 4.30. The van der Waals surface area contributed by atoms with Crippen LogP contribution >= 0.6 is 0 Å². The average molecular weight is 165 g/mol. The third-order valence-corrected chi connectivity index (χ3v) is 2.45. The largest absolute Gasteiger partial charge is 0.396 e. The fraction of sp³-hybridized carbons (Fsp3) is 0.667. The molecule has 0 unspecified atom stereocenters. The van der Waals surface area contributed by atoms with Crippen LogP contribution in [0.3, 0.4) is 0 Å². The van der Waals surface area contributed by atoms with E-state index in [0.717, 1.165) is 23.8 Å². The summed E-state index contributed by atoms with van der Waals surface area (Å²) in [7, 11) is 0. The van der Waals surface area contributed by atoms with E-state index in [2.05, 4.69) is 5.10 Å². The number of nitrogens with two attached hydrogens (primary N) is 1. The fourth-order valence-corrected chi connectivity index (χ4v) is 1.37. The predicted molar refractivity (Wildman–Crippen MR) is 48.7 cm³/mol. The number of nitrogen functional groups attached to an aromatic ring is 1. The zero-order valence-electron chi connectivity index (χ0n) is 7.45. The lowest BCUT2D eigenvalue weighted by Gasteiger charge is -1.97. The van der Waals surface area contributed by atoms with Gasteiger partial charge in [-0.2, -0.15) is 5.10 Å². The van der Waals surface area contributed by atoms with Gasteiger partial charge in [0.2, 0.25) is 0 Å². The molecule has 1 aliphatic rings. The normalized spacial score (nSPS) is 16.8. The first-order valence-corrected chi connectivity index (χ1v) is 4.55. The first-order valence-electron chi connectivity index (χ1n) is 4.55. The van der Waals surface area contributed by atoms with Gasteiger partial charge in [0.15, 0.2) is 0 Å². The van der Waals surface area contributed by atoms with Gasteiger partial charge in [-0.05, 0) is 19.3 Å². The summed E-state index contributed by atoms with van der Waals surface area (Å²) in [4.78, 5) is 0. The topological polar surface area (TPSA) is 43.8 Å². The molecule has 12 heavy (non-hydrogen) atoms. The van der Waals surface area contributed by atoms with E-state index in [-0.39, 0.29) is 0 Å². The Labute approximate surface area is 72.6 Å². The lowest BCUT2D eigenvalue weighted by atomic mass is 10.3. The van der Waals surface area contributed by atoms with Crippen LogP contribution in [0.4, 0.5) is 5.69 Å². The van der Waals surface area contributed by atoms with E-state index in [4.69, 9.17) is 5.73 Å². The second-order valence-corrected chi connectivity index (χ2v) is 3.66. The van der Waals surface area contributed by atoms with Crippen LogP contribution in [0.1, 0.15) is 25.0 Å². The Kier molecular flexibility index (Phi) is 1.79. The fourth-order valence-electron chi connectivity index (χ4n) is 1.37. The zero-order chi connectivity index (χ0) is 8.55. The molecule has 0 saturated heterocycles. The summed E-state index contributed by atoms with van der Waals surface area (Å²) in [5.74, 6) is 0.968. The number of anilines is 1. The number of aromatic nitrogens is 2. The van der Waals surface area contributed by atoms with Gasteiger partial charge in [0.25, 0.3) is 0 Å². The third kappa shape index (κ3) is 1.60. The summed E-state index contributed by atoms with van der Waals surface area (Å²) in [6, 6.07) is 0. The molecule has 3 heteroatoms. The highest BCUT2D eigenvalue weighted by atomic mass is 15.3. The smallest absolute Gasteiger partial charge is 0.0822 e. The van der Waals surface area contributed by atoms with Crippen LogP contribution in [-0.2, 0) is 6.54 Å². The minimum absolute atomic E-state index is 0.811. The van der Waals surface area contributed by atoms with E-state index in [1.807, 2.05) is 17.8 Å². The molecule has 1 aromatic rings. The highest BCUT2D eigenvalue weighted by molar-refractivity contribution is 5.39. The molecule has 0 aliphatic heterocycles. The van der Waals surface area contributed by atoms with E-state index in [1.54, 1.807) is 0 Å². The molecule has 0 bridgehead atoms. The van der Waals surface area contributed by atoms with Crippen LogP contribution < -0.4 is 5.73 Å². The molecule has 0 atom stereocenters. The van der Waals surface area contributed by atoms with Crippen molar-refractivity contribution in [2.24, 2.45) is 5.92 Å². The zero-order valence-corrected chi connectivity index (χ0v) is 7.45. The summed E-state index contributed by atoms with van der Waals surface area (Å²) in [5.41, 5.74) is 7.44. The number of aryl methyl sites for hydroxylation is 2. The van der Waals surface area contributed by atoms with E-state index < -0.39 is 0 Å². The number of nitrogens with zero attached hydrogens (tertiary/aromatic N) is 2. The van der Waals surface area contributed by atoms with Gasteiger partial charge in [-0.3, -0.25) is 4.68 Å². The Hall–Kier alpha value is -0.990. The van der Waals surface area contributed by atoms with Gasteiger partial charge < -0.3 is 5.73 Å². The SMILES string of the molecule is Cc1nn(CCC2CC2)cc1N. The van der Waals surface area contributed by atoms with Gasteiger partial charge in [-0.1, -0.05) is 12.8 Å². The van der Waals surface area contributed by atoms with Gasteiger partial charge in [0.1, 0.15) is 0 Å². The standard InChI is InChI=1S/C9H15N3/c1-7-9(10)6-12(11-7)5-4-8-2-3-8/h6,8H,2-5,10H2,1H3. The van der Waals surface area contributed by atoms with Gasteiger partial charge in [-0.25, -0.2) is 0 Å². The molecule has 1 saturated carbocycles. The highest BCUT2D eigenvalue weighted by Gasteiger charge is 2.20. The van der Waals surface area contributed by atoms with Crippen LogP contribution in [0.5, 0.6) is 0 Å². The van der Waals surface area contributed by atoms with E-state index in [9.17, 15) is 0 Å². The van der Waals surface area contributed by atoms with Crippen LogP contribution in [0.2, 0.25) is 0 Å². The Morgan fingerprint density at radius 1 is 1.67 bits per heavy atom. The summed E-state index contributed by atoms with van der Waals surface area (Å²) in [6.45, 7) is 2.98. The van der Waals surface area contributed by atoms with Crippen LogP contribution in [0.25, 0.3) is 0 Å². The quantitative estimate of drug-likeness (QED) is 0.738. The maximum Gasteiger partial charge on any atom is 0.0822 e. The van der Waals surface area contributed by atoms with E-state index in [0.29, 0.717) is 0 Å². The van der Waals surface area contributed by atoms with E-state index >= 15 is 0 Å². The molecular formula is C9H15N3. The predicted octanol–water partition coefficient (Wildman–Crippen LogP) is 1.57. The minimum Gasteiger partial charge on any atom is -0.396 e. The molecule has 66 valence electrons. The average Bonchev–Trinajstić information content (AvgIpc) is 2.78. The first-order chi connectivity index (χ1) is 5.75. The molecule has 0 aromatic carbocycles. The maximum absolute atomic E-state index is 5.68. The molecule has 1 aliphatic carbocycles. The van der Waals surface area contributed by atoms with Crippen LogP contribution in [0, 0.1) is 12.8 Å². The van der Waals surface area contributed by atoms with Crippen molar-refractivity contribution in [1.29, 1.82) is 0 Å². The Morgan fingerprint density at radius 2 is 2.42 bits per heavy atom. The minimum atomic E-state index is 0.811. The summed E-state index contributed by atoms with van der Waals surface area (Å²) < 4.78 is 1.96. The van der Waals surface area contributed by atoms with Crippen molar-refractivity contribution in [2.75, 3.05) is 5.73 Å². The monoisotopic (exact) mass is 165 g/mol. The van der Waals surface area contributed by atoms with Gasteiger partial charge >= 0.3 is 0 Å². The highest BCUT2D eigenvalue weighted by Crippen LogP contribution is 2.32. The maximum atomic E-state index is 5.68. The Morgan fingerprint density at radius 3 is 2.92 bits per heavy atom. The van der Waals surface area contributed by atoms with Crippen molar-refractivity contribution < 1.29 is 0 Å². The van der Waals surface area contributed by atoms with Gasteiger partial charge in [0.05, 0.1) is 11.4 Å². The van der Waals surface area contributed by atoms with Gasteiger partial charge in [0, 0.05) is 12.7 Å². The van der Waals surface area contributed by atoms with Gasteiger partial charge in [-0.15, -0.1) is 0 Å². The molecule has 2 rings (SSSR count). The lowest BCUT2D eigenvalue weighted by molar-refractivity contribution is 0.544. The van der Waals surface area contributed by atoms with Crippen LogP contribution in [0.15, 0.2) is 6.20 Å². The molecule has 1 heterocycles. The first kappa shape index (κ1) is 7.65. The van der Waals surface area contributed by atoms with Crippen LogP contribution in [-0.4, -0.2) is 9.78 Å².